The van der Waals surface area contributed by atoms with Crippen LogP contribution in [0, 0.1) is 11.8 Å². The van der Waals surface area contributed by atoms with Gasteiger partial charge in [0.15, 0.2) is 0 Å². The Balaban J connectivity index is 1.52. The minimum Gasteiger partial charge on any atom is -0.369 e. The average Bonchev–Trinajstić information content (AvgIpc) is 3.45. The highest BCUT2D eigenvalue weighted by Crippen LogP contribution is 2.40. The average molecular weight is 358 g/mol. The zero-order valence-electron chi connectivity index (χ0n) is 16.1. The molecule has 6 nitrogen and oxygen atoms in total. The maximum atomic E-state index is 12.4. The molecule has 1 aromatic carbocycles. The fraction of sp³-hybridized carbons (Fsp3) is 0.600. The van der Waals surface area contributed by atoms with Gasteiger partial charge in [0.1, 0.15) is 0 Å². The Morgan fingerprint density at radius 2 is 1.65 bits per heavy atom. The summed E-state index contributed by atoms with van der Waals surface area (Å²) < 4.78 is 0. The van der Waals surface area contributed by atoms with E-state index in [2.05, 4.69) is 34.3 Å². The van der Waals surface area contributed by atoms with Crippen molar-refractivity contribution in [2.24, 2.45) is 11.8 Å². The van der Waals surface area contributed by atoms with Gasteiger partial charge in [-0.05, 0) is 51.6 Å². The van der Waals surface area contributed by atoms with Crippen LogP contribution in [-0.4, -0.2) is 67.9 Å². The first-order valence-electron chi connectivity index (χ1n) is 9.66. The first-order valence-corrected chi connectivity index (χ1v) is 9.66. The van der Waals surface area contributed by atoms with Gasteiger partial charge in [0, 0.05) is 50.6 Å². The number of carbonyl (C=O) groups excluding carboxylic acids is 2. The van der Waals surface area contributed by atoms with Crippen molar-refractivity contribution in [3.8, 4) is 0 Å². The summed E-state index contributed by atoms with van der Waals surface area (Å²) in [4.78, 5) is 31.2. The third kappa shape index (κ3) is 4.18. The fourth-order valence-corrected chi connectivity index (χ4v) is 3.58. The minimum atomic E-state index is -0.180. The van der Waals surface area contributed by atoms with E-state index < -0.39 is 0 Å². The number of nitrogens with zero attached hydrogens (tertiary/aromatic N) is 3. The van der Waals surface area contributed by atoms with Crippen molar-refractivity contribution in [1.29, 1.82) is 0 Å². The molecule has 1 aliphatic heterocycles. The fourth-order valence-electron chi connectivity index (χ4n) is 3.58. The smallest absolute Gasteiger partial charge is 0.228 e. The molecule has 3 rings (SSSR count). The van der Waals surface area contributed by atoms with E-state index in [9.17, 15) is 9.59 Å². The molecule has 2 atom stereocenters. The first kappa shape index (κ1) is 18.7. The molecule has 2 unspecified atom stereocenters. The summed E-state index contributed by atoms with van der Waals surface area (Å²) in [5.74, 6) is -0.247. The molecule has 2 amide bonds. The van der Waals surface area contributed by atoms with E-state index in [-0.39, 0.29) is 23.7 Å². The second kappa shape index (κ2) is 8.08. The van der Waals surface area contributed by atoms with Crippen molar-refractivity contribution < 1.29 is 9.59 Å². The van der Waals surface area contributed by atoms with Gasteiger partial charge in [0.05, 0.1) is 11.8 Å². The molecule has 1 heterocycles. The maximum absolute atomic E-state index is 12.4. The lowest BCUT2D eigenvalue weighted by Gasteiger charge is -2.34. The van der Waals surface area contributed by atoms with Gasteiger partial charge in [-0.25, -0.2) is 0 Å². The molecular weight excluding hydrogens is 328 g/mol. The molecule has 0 bridgehead atoms. The second-order valence-corrected chi connectivity index (χ2v) is 7.29. The predicted molar refractivity (Wildman–Crippen MR) is 104 cm³/mol. The van der Waals surface area contributed by atoms with Crippen LogP contribution in [0.25, 0.3) is 0 Å². The van der Waals surface area contributed by atoms with Gasteiger partial charge in [0.2, 0.25) is 11.8 Å². The van der Waals surface area contributed by atoms with E-state index in [1.54, 1.807) is 0 Å². The van der Waals surface area contributed by atoms with Crippen LogP contribution >= 0.6 is 0 Å². The molecule has 1 N–H and O–H groups in total. The number of amides is 2. The summed E-state index contributed by atoms with van der Waals surface area (Å²) in [6, 6.07) is 8.03. The quantitative estimate of drug-likeness (QED) is 0.844. The predicted octanol–water partition coefficient (Wildman–Crippen LogP) is 1.88. The first-order chi connectivity index (χ1) is 12.5. The highest BCUT2D eigenvalue weighted by Gasteiger charge is 2.49. The van der Waals surface area contributed by atoms with E-state index in [1.807, 2.05) is 30.9 Å². The number of rotatable bonds is 6. The summed E-state index contributed by atoms with van der Waals surface area (Å²) in [5, 5.41) is 2.96. The van der Waals surface area contributed by atoms with Crippen LogP contribution < -0.4 is 10.2 Å². The van der Waals surface area contributed by atoms with Gasteiger partial charge in [-0.2, -0.15) is 0 Å². The van der Waals surface area contributed by atoms with E-state index in [4.69, 9.17) is 0 Å². The molecule has 0 spiro atoms. The molecule has 1 aliphatic carbocycles. The van der Waals surface area contributed by atoms with Crippen molar-refractivity contribution in [1.82, 2.24) is 9.80 Å². The number of benzene rings is 1. The van der Waals surface area contributed by atoms with Crippen molar-refractivity contribution in [3.05, 3.63) is 24.3 Å². The van der Waals surface area contributed by atoms with Gasteiger partial charge in [-0.3, -0.25) is 9.59 Å². The van der Waals surface area contributed by atoms with Gasteiger partial charge >= 0.3 is 0 Å². The summed E-state index contributed by atoms with van der Waals surface area (Å²) in [6.45, 7) is 9.55. The summed E-state index contributed by atoms with van der Waals surface area (Å²) >= 11 is 0. The lowest BCUT2D eigenvalue weighted by Crippen LogP contribution is -2.44. The molecule has 1 aromatic rings. The van der Waals surface area contributed by atoms with Gasteiger partial charge in [0.25, 0.3) is 0 Å². The monoisotopic (exact) mass is 358 g/mol. The Morgan fingerprint density at radius 3 is 2.23 bits per heavy atom. The summed E-state index contributed by atoms with van der Waals surface area (Å²) in [7, 11) is 2.14. The van der Waals surface area contributed by atoms with Crippen LogP contribution in [0.4, 0.5) is 11.4 Å². The molecule has 0 aromatic heterocycles. The van der Waals surface area contributed by atoms with E-state index in [0.29, 0.717) is 19.5 Å². The molecule has 1 saturated carbocycles. The van der Waals surface area contributed by atoms with Gasteiger partial charge < -0.3 is 20.0 Å². The van der Waals surface area contributed by atoms with Crippen molar-refractivity contribution in [2.45, 2.75) is 20.3 Å². The Morgan fingerprint density at radius 1 is 1.04 bits per heavy atom. The van der Waals surface area contributed by atoms with Gasteiger partial charge in [-0.15, -0.1) is 0 Å². The SMILES string of the molecule is CCN(CC)C(=O)C1CC1C(=O)Nc1ccc(N2CCN(C)CC2)cc1. The third-order valence-electron chi connectivity index (χ3n) is 5.52. The number of nitrogens with one attached hydrogen (secondary N) is 1. The Hall–Kier alpha value is -2.08. The zero-order chi connectivity index (χ0) is 18.7. The van der Waals surface area contributed by atoms with Crippen molar-refractivity contribution in [2.75, 3.05) is 56.5 Å². The standard InChI is InChI=1S/C20H30N4O2/c1-4-23(5-2)20(26)18-14-17(18)19(25)21-15-6-8-16(9-7-15)24-12-10-22(3)11-13-24/h6-9,17-18H,4-5,10-14H2,1-3H3,(H,21,25). The Kier molecular flexibility index (Phi) is 5.81. The summed E-state index contributed by atoms with van der Waals surface area (Å²) in [5.41, 5.74) is 1.99. The number of likely N-dealkylation sites (N-methyl/N-ethyl adjacent to an activating group) is 1. The lowest BCUT2D eigenvalue weighted by molar-refractivity contribution is -0.133. The molecule has 6 heteroatoms. The highest BCUT2D eigenvalue weighted by atomic mass is 16.2. The summed E-state index contributed by atoms with van der Waals surface area (Å²) in [6.07, 6.45) is 0.667. The van der Waals surface area contributed by atoms with Crippen LogP contribution in [0.5, 0.6) is 0 Å². The van der Waals surface area contributed by atoms with Crippen LogP contribution in [0.2, 0.25) is 0 Å². The van der Waals surface area contributed by atoms with Crippen LogP contribution in [0.3, 0.4) is 0 Å². The van der Waals surface area contributed by atoms with Gasteiger partial charge in [-0.1, -0.05) is 0 Å². The molecule has 142 valence electrons. The lowest BCUT2D eigenvalue weighted by atomic mass is 10.2. The Labute approximate surface area is 156 Å². The zero-order valence-corrected chi connectivity index (χ0v) is 16.1. The van der Waals surface area contributed by atoms with E-state index in [0.717, 1.165) is 31.9 Å². The minimum absolute atomic E-state index is 0.0390. The largest absolute Gasteiger partial charge is 0.369 e. The van der Waals surface area contributed by atoms with Crippen LogP contribution in [-0.2, 0) is 9.59 Å². The van der Waals surface area contributed by atoms with Crippen molar-refractivity contribution >= 4 is 23.2 Å². The molecule has 2 aliphatic rings. The third-order valence-corrected chi connectivity index (χ3v) is 5.52. The normalized spacial score (nSPS) is 22.8. The molecule has 1 saturated heterocycles. The molecule has 26 heavy (non-hydrogen) atoms. The number of carbonyl (C=O) groups is 2. The molecule has 0 radical (unpaired) electrons. The topological polar surface area (TPSA) is 55.9 Å². The molecule has 2 fully saturated rings. The number of hydrogen-bond acceptors (Lipinski definition) is 4. The van der Waals surface area contributed by atoms with E-state index in [1.165, 1.54) is 5.69 Å². The van der Waals surface area contributed by atoms with E-state index >= 15 is 0 Å². The number of piperazine rings is 1. The number of anilines is 2. The van der Waals surface area contributed by atoms with Crippen molar-refractivity contribution in [3.63, 3.8) is 0 Å². The van der Waals surface area contributed by atoms with Crippen LogP contribution in [0.1, 0.15) is 20.3 Å². The highest BCUT2D eigenvalue weighted by molar-refractivity contribution is 5.99. The molecular formula is C20H30N4O2. The second-order valence-electron chi connectivity index (χ2n) is 7.29. The number of hydrogen-bond donors (Lipinski definition) is 1. The maximum Gasteiger partial charge on any atom is 0.228 e. The Bertz CT molecular complexity index is 634. The van der Waals surface area contributed by atoms with Crippen LogP contribution in [0.15, 0.2) is 24.3 Å².